The summed E-state index contributed by atoms with van der Waals surface area (Å²) in [5, 5.41) is 7.38. The minimum atomic E-state index is -0.506. The standard InChI is InChI=1S/C23H26N4O5S/c1-12-4-6-14-17(10-12)33-23(20(14)21(24)29)25-18(28)8-9-19-26-22(27-32-19)13-5-7-15(30-2)16(11-13)31-3/h5,7,11-12H,4,6,8-10H2,1-3H3,(H2,24,29)(H,25,28). The zero-order valence-corrected chi connectivity index (χ0v) is 19.6. The van der Waals surface area contributed by atoms with Crippen molar-refractivity contribution in [2.45, 2.75) is 39.0 Å². The van der Waals surface area contributed by atoms with Gasteiger partial charge in [0.25, 0.3) is 5.91 Å². The van der Waals surface area contributed by atoms with Crippen molar-refractivity contribution in [1.82, 2.24) is 10.1 Å². The number of rotatable bonds is 8. The molecule has 0 aliphatic heterocycles. The van der Waals surface area contributed by atoms with E-state index in [9.17, 15) is 9.59 Å². The topological polar surface area (TPSA) is 130 Å². The molecule has 0 spiro atoms. The van der Waals surface area contributed by atoms with E-state index in [-0.39, 0.29) is 18.7 Å². The number of fused-ring (bicyclic) bond motifs is 1. The lowest BCUT2D eigenvalue weighted by molar-refractivity contribution is -0.116. The van der Waals surface area contributed by atoms with E-state index in [1.54, 1.807) is 32.4 Å². The predicted octanol–water partition coefficient (Wildman–Crippen LogP) is 3.61. The molecule has 0 saturated heterocycles. The van der Waals surface area contributed by atoms with E-state index in [4.69, 9.17) is 19.7 Å². The Hall–Kier alpha value is -3.40. The number of hydrogen-bond acceptors (Lipinski definition) is 8. The Morgan fingerprint density at radius 1 is 1.27 bits per heavy atom. The predicted molar refractivity (Wildman–Crippen MR) is 124 cm³/mol. The third kappa shape index (κ3) is 4.85. The normalized spacial score (nSPS) is 15.1. The molecule has 10 heteroatoms. The van der Waals surface area contributed by atoms with Gasteiger partial charge in [0.05, 0.1) is 19.8 Å². The van der Waals surface area contributed by atoms with Gasteiger partial charge in [-0.1, -0.05) is 12.1 Å². The first-order valence-corrected chi connectivity index (χ1v) is 11.5. The number of hydrogen-bond donors (Lipinski definition) is 2. The Morgan fingerprint density at radius 3 is 2.79 bits per heavy atom. The SMILES string of the molecule is COc1ccc(-c2noc(CCC(=O)Nc3sc4c(c3C(N)=O)CCC(C)C4)n2)cc1OC. The Kier molecular flexibility index (Phi) is 6.64. The van der Waals surface area contributed by atoms with Crippen LogP contribution in [0.4, 0.5) is 5.00 Å². The Labute approximate surface area is 195 Å². The fourth-order valence-electron chi connectivity index (χ4n) is 3.96. The minimum Gasteiger partial charge on any atom is -0.493 e. The van der Waals surface area contributed by atoms with E-state index in [1.807, 2.05) is 0 Å². The second-order valence-corrected chi connectivity index (χ2v) is 9.15. The zero-order valence-electron chi connectivity index (χ0n) is 18.8. The van der Waals surface area contributed by atoms with Crippen LogP contribution in [0.25, 0.3) is 11.4 Å². The lowest BCUT2D eigenvalue weighted by Gasteiger charge is -2.18. The molecule has 1 atom stereocenters. The Bertz CT molecular complexity index is 1190. The molecule has 1 unspecified atom stereocenters. The summed E-state index contributed by atoms with van der Waals surface area (Å²) < 4.78 is 15.9. The fraction of sp³-hybridized carbons (Fsp3) is 0.391. The lowest BCUT2D eigenvalue weighted by atomic mass is 9.88. The number of methoxy groups -OCH3 is 2. The molecule has 1 aromatic carbocycles. The van der Waals surface area contributed by atoms with Crippen LogP contribution >= 0.6 is 11.3 Å². The molecule has 0 saturated carbocycles. The van der Waals surface area contributed by atoms with E-state index in [0.717, 1.165) is 29.7 Å². The second-order valence-electron chi connectivity index (χ2n) is 8.05. The third-order valence-electron chi connectivity index (χ3n) is 5.69. The van der Waals surface area contributed by atoms with Gasteiger partial charge in [-0.3, -0.25) is 9.59 Å². The average Bonchev–Trinajstić information content (AvgIpc) is 3.41. The maximum atomic E-state index is 12.6. The van der Waals surface area contributed by atoms with Gasteiger partial charge in [0, 0.05) is 23.3 Å². The molecule has 0 radical (unpaired) electrons. The smallest absolute Gasteiger partial charge is 0.251 e. The lowest BCUT2D eigenvalue weighted by Crippen LogP contribution is -2.19. The quantitative estimate of drug-likeness (QED) is 0.514. The summed E-state index contributed by atoms with van der Waals surface area (Å²) in [4.78, 5) is 30.1. The van der Waals surface area contributed by atoms with Gasteiger partial charge in [-0.05, 0) is 48.9 Å². The molecule has 2 amide bonds. The number of ether oxygens (including phenoxy) is 2. The van der Waals surface area contributed by atoms with Gasteiger partial charge in [0.2, 0.25) is 17.6 Å². The van der Waals surface area contributed by atoms with Crippen molar-refractivity contribution < 1.29 is 23.6 Å². The number of aryl methyl sites for hydroxylation is 1. The van der Waals surface area contributed by atoms with Crippen molar-refractivity contribution in [1.29, 1.82) is 0 Å². The van der Waals surface area contributed by atoms with Gasteiger partial charge >= 0.3 is 0 Å². The first-order chi connectivity index (χ1) is 15.9. The van der Waals surface area contributed by atoms with E-state index >= 15 is 0 Å². The van der Waals surface area contributed by atoms with Gasteiger partial charge in [-0.2, -0.15) is 4.98 Å². The van der Waals surface area contributed by atoms with Crippen molar-refractivity contribution in [2.75, 3.05) is 19.5 Å². The molecule has 9 nitrogen and oxygen atoms in total. The van der Waals surface area contributed by atoms with Gasteiger partial charge in [-0.15, -0.1) is 11.3 Å². The number of primary amides is 1. The number of carbonyl (C=O) groups is 2. The third-order valence-corrected chi connectivity index (χ3v) is 6.86. The summed E-state index contributed by atoms with van der Waals surface area (Å²) in [5.74, 6) is 1.69. The zero-order chi connectivity index (χ0) is 23.5. The van der Waals surface area contributed by atoms with Gasteiger partial charge < -0.3 is 25.0 Å². The van der Waals surface area contributed by atoms with Crippen molar-refractivity contribution in [3.63, 3.8) is 0 Å². The average molecular weight is 471 g/mol. The fourth-order valence-corrected chi connectivity index (χ4v) is 5.39. The number of carbonyl (C=O) groups excluding carboxylic acids is 2. The van der Waals surface area contributed by atoms with Gasteiger partial charge in [-0.25, -0.2) is 0 Å². The second kappa shape index (κ2) is 9.62. The van der Waals surface area contributed by atoms with E-state index in [0.29, 0.717) is 45.3 Å². The summed E-state index contributed by atoms with van der Waals surface area (Å²) in [6.45, 7) is 2.19. The Morgan fingerprint density at radius 2 is 2.06 bits per heavy atom. The molecule has 0 bridgehead atoms. The van der Waals surface area contributed by atoms with Crippen LogP contribution in [-0.2, 0) is 24.1 Å². The van der Waals surface area contributed by atoms with Gasteiger partial charge in [0.15, 0.2) is 11.5 Å². The summed E-state index contributed by atoms with van der Waals surface area (Å²) in [5.41, 5.74) is 7.76. The monoisotopic (exact) mass is 470 g/mol. The number of amides is 2. The summed E-state index contributed by atoms with van der Waals surface area (Å²) in [6.07, 6.45) is 3.11. The highest BCUT2D eigenvalue weighted by molar-refractivity contribution is 7.17. The number of aromatic nitrogens is 2. The number of anilines is 1. The van der Waals surface area contributed by atoms with Crippen LogP contribution in [0, 0.1) is 5.92 Å². The Balaban J connectivity index is 1.42. The first-order valence-electron chi connectivity index (χ1n) is 10.7. The molecule has 3 aromatic rings. The molecule has 4 rings (SSSR count). The highest BCUT2D eigenvalue weighted by Gasteiger charge is 2.27. The first kappa shape index (κ1) is 22.8. The molecular formula is C23H26N4O5S. The number of nitrogens with two attached hydrogens (primary N) is 1. The maximum absolute atomic E-state index is 12.6. The number of thiophene rings is 1. The van der Waals surface area contributed by atoms with E-state index in [1.165, 1.54) is 11.3 Å². The maximum Gasteiger partial charge on any atom is 0.251 e. The van der Waals surface area contributed by atoms with Crippen molar-refractivity contribution in [3.05, 3.63) is 40.1 Å². The summed E-state index contributed by atoms with van der Waals surface area (Å²) in [6, 6.07) is 5.31. The molecule has 1 aliphatic carbocycles. The van der Waals surface area contributed by atoms with Crippen LogP contribution in [0.3, 0.4) is 0 Å². The van der Waals surface area contributed by atoms with Crippen molar-refractivity contribution in [2.24, 2.45) is 11.7 Å². The summed E-state index contributed by atoms with van der Waals surface area (Å²) in [7, 11) is 3.11. The minimum absolute atomic E-state index is 0.130. The molecule has 174 valence electrons. The molecule has 1 aliphatic rings. The van der Waals surface area contributed by atoms with Crippen LogP contribution in [0.5, 0.6) is 11.5 Å². The molecule has 3 N–H and O–H groups in total. The van der Waals surface area contributed by atoms with Crippen LogP contribution in [-0.4, -0.2) is 36.2 Å². The van der Waals surface area contributed by atoms with Crippen molar-refractivity contribution >= 4 is 28.2 Å². The molecule has 33 heavy (non-hydrogen) atoms. The largest absolute Gasteiger partial charge is 0.493 e. The molecule has 0 fully saturated rings. The number of benzene rings is 1. The van der Waals surface area contributed by atoms with Crippen LogP contribution in [0.1, 0.15) is 46.5 Å². The highest BCUT2D eigenvalue weighted by atomic mass is 32.1. The number of nitrogens with zero attached hydrogens (tertiary/aromatic N) is 2. The molecular weight excluding hydrogens is 444 g/mol. The number of nitrogens with one attached hydrogen (secondary N) is 1. The highest BCUT2D eigenvalue weighted by Crippen LogP contribution is 2.39. The van der Waals surface area contributed by atoms with E-state index in [2.05, 4.69) is 22.4 Å². The van der Waals surface area contributed by atoms with Crippen LogP contribution in [0.15, 0.2) is 22.7 Å². The van der Waals surface area contributed by atoms with Gasteiger partial charge in [0.1, 0.15) is 5.00 Å². The van der Waals surface area contributed by atoms with Crippen LogP contribution < -0.4 is 20.5 Å². The summed E-state index contributed by atoms with van der Waals surface area (Å²) >= 11 is 1.45. The van der Waals surface area contributed by atoms with Crippen LogP contribution in [0.2, 0.25) is 0 Å². The van der Waals surface area contributed by atoms with E-state index < -0.39 is 5.91 Å². The molecule has 2 aromatic heterocycles. The van der Waals surface area contributed by atoms with Crippen molar-refractivity contribution in [3.8, 4) is 22.9 Å². The molecule has 2 heterocycles.